The van der Waals surface area contributed by atoms with Gasteiger partial charge in [-0.1, -0.05) is 20.4 Å². The average Bonchev–Trinajstić information content (AvgIpc) is 2.33. The van der Waals surface area contributed by atoms with Gasteiger partial charge in [0.25, 0.3) is 0 Å². The maximum Gasteiger partial charge on any atom is 0.151 e. The van der Waals surface area contributed by atoms with E-state index in [0.29, 0.717) is 18.3 Å². The Morgan fingerprint density at radius 2 is 2.22 bits per heavy atom. The fourth-order valence-electron chi connectivity index (χ4n) is 2.21. The number of ether oxygens (including phenoxy) is 1. The zero-order valence-electron chi connectivity index (χ0n) is 11.6. The lowest BCUT2D eigenvalue weighted by Gasteiger charge is -2.38. The molecule has 98 valence electrons. The van der Waals surface area contributed by atoms with E-state index in [1.165, 1.54) is 6.42 Å². The molecule has 0 bridgehead atoms. The summed E-state index contributed by atoms with van der Waals surface area (Å²) in [4.78, 5) is 8.80. The molecule has 3 heteroatoms. The predicted molar refractivity (Wildman–Crippen MR) is 73.3 cm³/mol. The van der Waals surface area contributed by atoms with Crippen molar-refractivity contribution in [2.75, 3.05) is 0 Å². The molecule has 0 spiro atoms. The van der Waals surface area contributed by atoms with E-state index in [4.69, 9.17) is 4.74 Å². The third kappa shape index (κ3) is 2.78. The number of hydrogen-bond donors (Lipinski definition) is 0. The van der Waals surface area contributed by atoms with Crippen LogP contribution in [0.25, 0.3) is 6.08 Å². The van der Waals surface area contributed by atoms with Crippen molar-refractivity contribution in [1.29, 1.82) is 0 Å². The molecule has 18 heavy (non-hydrogen) atoms. The van der Waals surface area contributed by atoms with Gasteiger partial charge in [0, 0.05) is 11.8 Å². The Labute approximate surface area is 109 Å². The van der Waals surface area contributed by atoms with Gasteiger partial charge in [-0.2, -0.15) is 0 Å². The van der Waals surface area contributed by atoms with Gasteiger partial charge in [-0.15, -0.1) is 0 Å². The molecule has 1 aromatic rings. The molecule has 1 fully saturated rings. The molecule has 1 aliphatic carbocycles. The van der Waals surface area contributed by atoms with Crippen LogP contribution >= 0.6 is 0 Å². The largest absolute Gasteiger partial charge is 0.370 e. The maximum atomic E-state index is 6.01. The summed E-state index contributed by atoms with van der Waals surface area (Å²) in [5.41, 5.74) is 2.25. The topological polar surface area (TPSA) is 35.0 Å². The molecule has 0 radical (unpaired) electrons. The Balaban J connectivity index is 2.13. The molecule has 0 unspecified atom stereocenters. The zero-order chi connectivity index (χ0) is 13.2. The van der Waals surface area contributed by atoms with Crippen LogP contribution in [-0.2, 0) is 11.3 Å². The number of rotatable bonds is 5. The van der Waals surface area contributed by atoms with Gasteiger partial charge in [-0.05, 0) is 38.2 Å². The number of hydrogen-bond acceptors (Lipinski definition) is 3. The van der Waals surface area contributed by atoms with E-state index < -0.39 is 0 Å². The molecule has 0 N–H and O–H groups in total. The molecule has 0 atom stereocenters. The maximum absolute atomic E-state index is 6.01. The first kappa shape index (κ1) is 13.2. The Bertz CT molecular complexity index is 436. The summed E-state index contributed by atoms with van der Waals surface area (Å²) in [6.07, 6.45) is 7.16. The van der Waals surface area contributed by atoms with Crippen LogP contribution in [0.2, 0.25) is 0 Å². The van der Waals surface area contributed by atoms with Crippen molar-refractivity contribution < 1.29 is 4.74 Å². The Kier molecular flexibility index (Phi) is 3.81. The summed E-state index contributed by atoms with van der Waals surface area (Å²) in [6, 6.07) is 0. The van der Waals surface area contributed by atoms with E-state index in [-0.39, 0.29) is 5.60 Å². The van der Waals surface area contributed by atoms with Gasteiger partial charge in [-0.3, -0.25) is 0 Å². The van der Waals surface area contributed by atoms with Crippen LogP contribution in [0.1, 0.15) is 63.0 Å². The molecule has 1 saturated carbocycles. The van der Waals surface area contributed by atoms with Crippen LogP contribution in [0.15, 0.2) is 12.8 Å². The van der Waals surface area contributed by atoms with E-state index in [9.17, 15) is 0 Å². The molecule has 1 aromatic heterocycles. The lowest BCUT2D eigenvalue weighted by molar-refractivity contribution is -0.0954. The standard InChI is InChI=1S/C15H22N2O/c1-5-13-16-9-12(14(17-13)11(2)3)10-18-15(4)7-6-8-15/h5,9,11H,1,6-8,10H2,2-4H3. The Morgan fingerprint density at radius 3 is 2.72 bits per heavy atom. The predicted octanol–water partition coefficient (Wildman–Crippen LogP) is 3.70. The highest BCUT2D eigenvalue weighted by atomic mass is 16.5. The number of aromatic nitrogens is 2. The van der Waals surface area contributed by atoms with Crippen molar-refractivity contribution in [3.63, 3.8) is 0 Å². The fraction of sp³-hybridized carbons (Fsp3) is 0.600. The zero-order valence-corrected chi connectivity index (χ0v) is 11.6. The molecular formula is C15H22N2O. The minimum absolute atomic E-state index is 0.0748. The average molecular weight is 246 g/mol. The Hall–Kier alpha value is -1.22. The molecule has 1 aliphatic rings. The van der Waals surface area contributed by atoms with Crippen LogP contribution in [0.5, 0.6) is 0 Å². The molecular weight excluding hydrogens is 224 g/mol. The second-order valence-electron chi connectivity index (χ2n) is 5.59. The molecule has 0 saturated heterocycles. The van der Waals surface area contributed by atoms with Gasteiger partial charge >= 0.3 is 0 Å². The van der Waals surface area contributed by atoms with Crippen LogP contribution in [0.4, 0.5) is 0 Å². The highest BCUT2D eigenvalue weighted by molar-refractivity contribution is 5.37. The van der Waals surface area contributed by atoms with Crippen molar-refractivity contribution in [2.45, 2.75) is 58.2 Å². The second-order valence-corrected chi connectivity index (χ2v) is 5.59. The fourth-order valence-corrected chi connectivity index (χ4v) is 2.21. The van der Waals surface area contributed by atoms with E-state index in [1.807, 2.05) is 6.20 Å². The van der Waals surface area contributed by atoms with Crippen molar-refractivity contribution in [3.05, 3.63) is 29.9 Å². The van der Waals surface area contributed by atoms with Gasteiger partial charge < -0.3 is 4.74 Å². The lowest BCUT2D eigenvalue weighted by Crippen LogP contribution is -2.36. The summed E-state index contributed by atoms with van der Waals surface area (Å²) in [5.74, 6) is 1.07. The van der Waals surface area contributed by atoms with E-state index in [0.717, 1.165) is 24.1 Å². The van der Waals surface area contributed by atoms with Crippen molar-refractivity contribution in [1.82, 2.24) is 9.97 Å². The summed E-state index contributed by atoms with van der Waals surface area (Å²) in [6.45, 7) is 10.8. The first-order chi connectivity index (χ1) is 8.54. The molecule has 1 heterocycles. The first-order valence-corrected chi connectivity index (χ1v) is 6.66. The highest BCUT2D eigenvalue weighted by Crippen LogP contribution is 2.35. The molecule has 0 aliphatic heterocycles. The van der Waals surface area contributed by atoms with Crippen LogP contribution in [0, 0.1) is 0 Å². The smallest absolute Gasteiger partial charge is 0.151 e. The SMILES string of the molecule is C=Cc1ncc(COC2(C)CCC2)c(C(C)C)n1. The van der Waals surface area contributed by atoms with E-state index in [1.54, 1.807) is 6.08 Å². The minimum atomic E-state index is 0.0748. The third-order valence-electron chi connectivity index (χ3n) is 3.63. The lowest BCUT2D eigenvalue weighted by atomic mass is 9.82. The second kappa shape index (κ2) is 5.19. The highest BCUT2D eigenvalue weighted by Gasteiger charge is 2.32. The van der Waals surface area contributed by atoms with E-state index in [2.05, 4.69) is 37.3 Å². The van der Waals surface area contributed by atoms with Crippen molar-refractivity contribution in [3.8, 4) is 0 Å². The quantitative estimate of drug-likeness (QED) is 0.794. The van der Waals surface area contributed by atoms with Gasteiger partial charge in [-0.25, -0.2) is 9.97 Å². The molecule has 0 amide bonds. The molecule has 0 aromatic carbocycles. The van der Waals surface area contributed by atoms with Crippen LogP contribution < -0.4 is 0 Å². The molecule has 3 nitrogen and oxygen atoms in total. The van der Waals surface area contributed by atoms with Gasteiger partial charge in [0.2, 0.25) is 0 Å². The monoisotopic (exact) mass is 246 g/mol. The Morgan fingerprint density at radius 1 is 1.50 bits per heavy atom. The van der Waals surface area contributed by atoms with Gasteiger partial charge in [0.1, 0.15) is 0 Å². The molecule has 2 rings (SSSR count). The first-order valence-electron chi connectivity index (χ1n) is 6.66. The summed E-state index contributed by atoms with van der Waals surface area (Å²) < 4.78 is 6.01. The van der Waals surface area contributed by atoms with Crippen LogP contribution in [0.3, 0.4) is 0 Å². The van der Waals surface area contributed by atoms with Gasteiger partial charge in [0.15, 0.2) is 5.82 Å². The summed E-state index contributed by atoms with van der Waals surface area (Å²) in [7, 11) is 0. The number of nitrogens with zero attached hydrogens (tertiary/aromatic N) is 2. The van der Waals surface area contributed by atoms with Crippen molar-refractivity contribution in [2.24, 2.45) is 0 Å². The van der Waals surface area contributed by atoms with E-state index >= 15 is 0 Å². The van der Waals surface area contributed by atoms with Crippen molar-refractivity contribution >= 4 is 6.08 Å². The van der Waals surface area contributed by atoms with Gasteiger partial charge in [0.05, 0.1) is 17.9 Å². The summed E-state index contributed by atoms with van der Waals surface area (Å²) in [5, 5.41) is 0. The van der Waals surface area contributed by atoms with Crippen LogP contribution in [-0.4, -0.2) is 15.6 Å². The third-order valence-corrected chi connectivity index (χ3v) is 3.63. The summed E-state index contributed by atoms with van der Waals surface area (Å²) >= 11 is 0. The normalized spacial score (nSPS) is 17.6. The minimum Gasteiger partial charge on any atom is -0.370 e.